The summed E-state index contributed by atoms with van der Waals surface area (Å²) in [5.41, 5.74) is 5.86. The predicted molar refractivity (Wildman–Crippen MR) is 110 cm³/mol. The molecule has 0 saturated carbocycles. The van der Waals surface area contributed by atoms with E-state index in [4.69, 9.17) is 9.72 Å². The highest BCUT2D eigenvalue weighted by molar-refractivity contribution is 7.21. The Hall–Kier alpha value is -1.98. The maximum atomic E-state index is 5.50. The first-order valence-electron chi connectivity index (χ1n) is 9.29. The first kappa shape index (κ1) is 17.4. The van der Waals surface area contributed by atoms with Gasteiger partial charge in [-0.2, -0.15) is 0 Å². The molecule has 1 aliphatic carbocycles. The van der Waals surface area contributed by atoms with Crippen molar-refractivity contribution in [2.24, 2.45) is 0 Å². The monoisotopic (exact) mass is 368 g/mol. The zero-order valence-corrected chi connectivity index (χ0v) is 16.7. The van der Waals surface area contributed by atoms with Crippen LogP contribution in [0.4, 0.5) is 5.69 Å². The van der Waals surface area contributed by atoms with E-state index >= 15 is 0 Å². The zero-order chi connectivity index (χ0) is 18.3. The summed E-state index contributed by atoms with van der Waals surface area (Å²) in [6.45, 7) is 12.2. The van der Waals surface area contributed by atoms with Gasteiger partial charge in [0.15, 0.2) is 13.1 Å². The number of nitrogens with one attached hydrogen (secondary N) is 1. The summed E-state index contributed by atoms with van der Waals surface area (Å²) in [7, 11) is 0. The Kier molecular flexibility index (Phi) is 4.67. The Bertz CT molecular complexity index is 998. The predicted octanol–water partition coefficient (Wildman–Crippen LogP) is 3.64. The molecule has 0 aromatic heterocycles. The van der Waals surface area contributed by atoms with Crippen molar-refractivity contribution in [2.75, 3.05) is 31.6 Å². The van der Waals surface area contributed by atoms with E-state index in [0.717, 1.165) is 37.5 Å². The van der Waals surface area contributed by atoms with Gasteiger partial charge in [0.2, 0.25) is 5.36 Å². The SMILES string of the molecule is Cc1cc(=[N+]2CCOCC2)cc2sc3cc(NC(C)C)cc(C)c3nc1-2. The number of aryl methyl sites for hydroxylation is 2. The van der Waals surface area contributed by atoms with Gasteiger partial charge < -0.3 is 10.1 Å². The third kappa shape index (κ3) is 3.33. The van der Waals surface area contributed by atoms with Crippen LogP contribution in [0.15, 0.2) is 24.3 Å². The van der Waals surface area contributed by atoms with Crippen molar-refractivity contribution in [3.63, 3.8) is 0 Å². The Balaban J connectivity index is 1.93. The van der Waals surface area contributed by atoms with E-state index in [2.05, 4.69) is 61.9 Å². The molecule has 3 aliphatic rings. The van der Waals surface area contributed by atoms with Crippen molar-refractivity contribution < 1.29 is 4.74 Å². The minimum absolute atomic E-state index is 0.417. The summed E-state index contributed by atoms with van der Waals surface area (Å²) in [5, 5.41) is 4.80. The Labute approximate surface area is 158 Å². The van der Waals surface area contributed by atoms with E-state index in [1.807, 2.05) is 11.3 Å². The number of nitrogens with zero attached hydrogens (tertiary/aromatic N) is 2. The zero-order valence-electron chi connectivity index (χ0n) is 15.9. The van der Waals surface area contributed by atoms with Crippen LogP contribution in [-0.2, 0) is 4.74 Å². The molecule has 4 nitrogen and oxygen atoms in total. The number of ether oxygens (including phenoxy) is 1. The lowest BCUT2D eigenvalue weighted by Crippen LogP contribution is -2.39. The number of anilines is 1. The van der Waals surface area contributed by atoms with Gasteiger partial charge in [-0.25, -0.2) is 9.56 Å². The summed E-state index contributed by atoms with van der Waals surface area (Å²) >= 11 is 1.84. The van der Waals surface area contributed by atoms with Crippen LogP contribution in [0.2, 0.25) is 0 Å². The van der Waals surface area contributed by atoms with Crippen molar-refractivity contribution >= 4 is 27.2 Å². The van der Waals surface area contributed by atoms with E-state index in [1.165, 1.54) is 31.7 Å². The molecule has 136 valence electrons. The molecular weight excluding hydrogens is 342 g/mol. The fraction of sp³-hybridized carbons (Fsp3) is 0.429. The molecule has 0 amide bonds. The lowest BCUT2D eigenvalue weighted by atomic mass is 10.1. The van der Waals surface area contributed by atoms with Crippen LogP contribution in [0.25, 0.3) is 20.8 Å². The molecule has 0 atom stereocenters. The molecule has 1 saturated heterocycles. The summed E-state index contributed by atoms with van der Waals surface area (Å²) in [6, 6.07) is 9.41. The van der Waals surface area contributed by atoms with E-state index in [9.17, 15) is 0 Å². The number of hydrogen-bond acceptors (Lipinski definition) is 4. The molecule has 0 spiro atoms. The minimum Gasteiger partial charge on any atom is -0.383 e. The van der Waals surface area contributed by atoms with Gasteiger partial charge in [-0.1, -0.05) is 0 Å². The standard InChI is InChI=1S/C21H25N3OS/c1-13(2)22-16-9-14(3)20-18(11-16)26-19-12-17(10-15(4)21(19)23-20)24-5-7-25-8-6-24/h9-13H,5-8H2,1-4H3/p+1. The normalized spacial score (nSPS) is 15.2. The van der Waals surface area contributed by atoms with Gasteiger partial charge in [-0.15, -0.1) is 11.3 Å². The highest BCUT2D eigenvalue weighted by atomic mass is 32.1. The number of benzene rings is 2. The van der Waals surface area contributed by atoms with Gasteiger partial charge in [0.1, 0.15) is 13.2 Å². The summed E-state index contributed by atoms with van der Waals surface area (Å²) in [6.07, 6.45) is 0. The molecule has 2 heterocycles. The average molecular weight is 369 g/mol. The second kappa shape index (κ2) is 6.97. The molecule has 26 heavy (non-hydrogen) atoms. The summed E-state index contributed by atoms with van der Waals surface area (Å²) < 4.78 is 9.14. The van der Waals surface area contributed by atoms with Gasteiger partial charge in [-0.05, 0) is 51.0 Å². The molecule has 2 aliphatic heterocycles. The number of aromatic nitrogens is 1. The second-order valence-corrected chi connectivity index (χ2v) is 8.45. The molecule has 1 aromatic rings. The van der Waals surface area contributed by atoms with Crippen molar-refractivity contribution in [1.82, 2.24) is 9.56 Å². The van der Waals surface area contributed by atoms with Crippen LogP contribution >= 0.6 is 11.3 Å². The van der Waals surface area contributed by atoms with Gasteiger partial charge in [0.25, 0.3) is 0 Å². The molecule has 0 unspecified atom stereocenters. The van der Waals surface area contributed by atoms with E-state index in [-0.39, 0.29) is 0 Å². The fourth-order valence-electron chi connectivity index (χ4n) is 3.57. The fourth-order valence-corrected chi connectivity index (χ4v) is 4.78. The van der Waals surface area contributed by atoms with Crippen molar-refractivity contribution in [3.05, 3.63) is 40.7 Å². The van der Waals surface area contributed by atoms with Gasteiger partial charge >= 0.3 is 0 Å². The number of hydrogen-bond donors (Lipinski definition) is 1. The molecule has 1 fully saturated rings. The molecule has 5 heteroatoms. The topological polar surface area (TPSA) is 37.2 Å². The largest absolute Gasteiger partial charge is 0.383 e. The lowest BCUT2D eigenvalue weighted by Gasteiger charge is -2.15. The molecule has 0 bridgehead atoms. The minimum atomic E-state index is 0.417. The second-order valence-electron chi connectivity index (χ2n) is 7.36. The maximum Gasteiger partial charge on any atom is 0.201 e. The van der Waals surface area contributed by atoms with Gasteiger partial charge in [0.05, 0.1) is 20.8 Å². The van der Waals surface area contributed by atoms with Crippen LogP contribution in [0.5, 0.6) is 0 Å². The van der Waals surface area contributed by atoms with Crippen LogP contribution < -0.4 is 15.2 Å². The molecule has 1 aromatic carbocycles. The Morgan fingerprint density at radius 1 is 1.08 bits per heavy atom. The summed E-state index contributed by atoms with van der Waals surface area (Å²) in [5.74, 6) is 0. The highest BCUT2D eigenvalue weighted by Crippen LogP contribution is 2.34. The van der Waals surface area contributed by atoms with E-state index in [0.29, 0.717) is 6.04 Å². The third-order valence-corrected chi connectivity index (χ3v) is 5.85. The number of morpholine rings is 1. The first-order valence-corrected chi connectivity index (χ1v) is 10.1. The van der Waals surface area contributed by atoms with Crippen LogP contribution in [0.3, 0.4) is 0 Å². The molecule has 0 radical (unpaired) electrons. The number of fused-ring (bicyclic) bond motifs is 2. The first-order chi connectivity index (χ1) is 12.5. The highest BCUT2D eigenvalue weighted by Gasteiger charge is 2.17. The van der Waals surface area contributed by atoms with Crippen LogP contribution in [0.1, 0.15) is 25.0 Å². The quantitative estimate of drug-likeness (QED) is 0.554. The van der Waals surface area contributed by atoms with Crippen molar-refractivity contribution in [2.45, 2.75) is 33.7 Å². The molecule has 1 N–H and O–H groups in total. The summed E-state index contributed by atoms with van der Waals surface area (Å²) in [4.78, 5) is 6.27. The van der Waals surface area contributed by atoms with Crippen LogP contribution in [0, 0.1) is 13.8 Å². The lowest BCUT2D eigenvalue weighted by molar-refractivity contribution is 0.0965. The van der Waals surface area contributed by atoms with Gasteiger partial charge in [0, 0.05) is 23.9 Å². The Morgan fingerprint density at radius 2 is 1.85 bits per heavy atom. The molecular formula is C21H26N3OS+. The van der Waals surface area contributed by atoms with E-state index in [1.54, 1.807) is 0 Å². The smallest absolute Gasteiger partial charge is 0.201 e. The number of rotatable bonds is 2. The van der Waals surface area contributed by atoms with E-state index < -0.39 is 0 Å². The average Bonchev–Trinajstić information content (AvgIpc) is 2.60. The Morgan fingerprint density at radius 3 is 2.58 bits per heavy atom. The maximum absolute atomic E-state index is 5.50. The third-order valence-electron chi connectivity index (χ3n) is 4.79. The van der Waals surface area contributed by atoms with Crippen molar-refractivity contribution in [1.29, 1.82) is 0 Å². The molecule has 4 rings (SSSR count). The van der Waals surface area contributed by atoms with Crippen molar-refractivity contribution in [3.8, 4) is 10.6 Å². The van der Waals surface area contributed by atoms with Crippen LogP contribution in [-0.4, -0.2) is 37.3 Å². The van der Waals surface area contributed by atoms with Gasteiger partial charge in [-0.3, -0.25) is 0 Å².